The molecule has 5 nitrogen and oxygen atoms in total. The van der Waals surface area contributed by atoms with Gasteiger partial charge in [-0.1, -0.05) is 18.2 Å². The molecule has 0 aromatic heterocycles. The van der Waals surface area contributed by atoms with Crippen LogP contribution >= 0.6 is 0 Å². The quantitative estimate of drug-likeness (QED) is 0.832. The van der Waals surface area contributed by atoms with Gasteiger partial charge in [-0.25, -0.2) is 9.18 Å². The molecule has 1 amide bonds. The molecule has 0 bridgehead atoms. The Morgan fingerprint density at radius 2 is 1.87 bits per heavy atom. The summed E-state index contributed by atoms with van der Waals surface area (Å²) in [5.41, 5.74) is 2.01. The largest absolute Gasteiger partial charge is 0.452 e. The number of hydrogen-bond donors (Lipinski definition) is 2. The number of amides is 1. The molecule has 0 aliphatic carbocycles. The van der Waals surface area contributed by atoms with E-state index in [-0.39, 0.29) is 0 Å². The zero-order valence-corrected chi connectivity index (χ0v) is 12.9. The highest BCUT2D eigenvalue weighted by molar-refractivity contribution is 5.98. The van der Waals surface area contributed by atoms with Gasteiger partial charge in [-0.15, -0.1) is 0 Å². The molecule has 0 atom stereocenters. The SMILES string of the molecule is CNc1ccccc1C(=O)OCC(=O)Nc1cc(F)ccc1C. The number of benzene rings is 2. The minimum Gasteiger partial charge on any atom is -0.452 e. The summed E-state index contributed by atoms with van der Waals surface area (Å²) < 4.78 is 18.2. The third-order valence-corrected chi connectivity index (χ3v) is 3.22. The number of aryl methyl sites for hydroxylation is 1. The molecular weight excluding hydrogens is 299 g/mol. The Bertz CT molecular complexity index is 732. The molecule has 2 rings (SSSR count). The molecule has 0 saturated heterocycles. The number of anilines is 2. The van der Waals surface area contributed by atoms with Crippen molar-refractivity contribution < 1.29 is 18.7 Å². The first-order valence-corrected chi connectivity index (χ1v) is 7.01. The van der Waals surface area contributed by atoms with Crippen LogP contribution in [0.2, 0.25) is 0 Å². The van der Waals surface area contributed by atoms with Crippen LogP contribution in [0.1, 0.15) is 15.9 Å². The molecule has 0 fully saturated rings. The highest BCUT2D eigenvalue weighted by Crippen LogP contribution is 2.17. The number of carbonyl (C=O) groups is 2. The van der Waals surface area contributed by atoms with Gasteiger partial charge in [0.1, 0.15) is 5.82 Å². The van der Waals surface area contributed by atoms with Crippen molar-refractivity contribution >= 4 is 23.3 Å². The lowest BCUT2D eigenvalue weighted by atomic mass is 10.2. The average Bonchev–Trinajstić information content (AvgIpc) is 2.56. The van der Waals surface area contributed by atoms with E-state index in [1.54, 1.807) is 44.3 Å². The number of carbonyl (C=O) groups excluding carboxylic acids is 2. The van der Waals surface area contributed by atoms with E-state index in [0.29, 0.717) is 22.5 Å². The van der Waals surface area contributed by atoms with Crippen LogP contribution in [-0.4, -0.2) is 25.5 Å². The Morgan fingerprint density at radius 1 is 1.13 bits per heavy atom. The van der Waals surface area contributed by atoms with E-state index in [1.807, 2.05) is 0 Å². The summed E-state index contributed by atoms with van der Waals surface area (Å²) in [5, 5.41) is 5.39. The van der Waals surface area contributed by atoms with Crippen molar-refractivity contribution in [2.45, 2.75) is 6.92 Å². The van der Waals surface area contributed by atoms with Crippen LogP contribution in [0.4, 0.5) is 15.8 Å². The second-order valence-corrected chi connectivity index (χ2v) is 4.88. The van der Waals surface area contributed by atoms with E-state index in [0.717, 1.165) is 0 Å². The molecule has 120 valence electrons. The molecule has 2 N–H and O–H groups in total. The van der Waals surface area contributed by atoms with E-state index in [4.69, 9.17) is 4.74 Å². The van der Waals surface area contributed by atoms with Gasteiger partial charge in [0, 0.05) is 18.4 Å². The third kappa shape index (κ3) is 4.29. The van der Waals surface area contributed by atoms with Crippen LogP contribution in [0.15, 0.2) is 42.5 Å². The highest BCUT2D eigenvalue weighted by Gasteiger charge is 2.14. The normalized spacial score (nSPS) is 10.0. The fourth-order valence-corrected chi connectivity index (χ4v) is 2.00. The summed E-state index contributed by atoms with van der Waals surface area (Å²) in [5.74, 6) is -1.60. The first-order chi connectivity index (χ1) is 11.0. The Labute approximate surface area is 133 Å². The summed E-state index contributed by atoms with van der Waals surface area (Å²) in [6.45, 7) is 1.29. The molecule has 2 aromatic rings. The topological polar surface area (TPSA) is 67.4 Å². The molecule has 0 aliphatic heterocycles. The maximum atomic E-state index is 13.2. The molecular formula is C17H17FN2O3. The lowest BCUT2D eigenvalue weighted by Crippen LogP contribution is -2.21. The number of para-hydroxylation sites is 1. The zero-order chi connectivity index (χ0) is 16.8. The highest BCUT2D eigenvalue weighted by atomic mass is 19.1. The molecule has 0 saturated carbocycles. The Morgan fingerprint density at radius 3 is 2.61 bits per heavy atom. The maximum Gasteiger partial charge on any atom is 0.340 e. The van der Waals surface area contributed by atoms with Gasteiger partial charge in [0.25, 0.3) is 5.91 Å². The van der Waals surface area contributed by atoms with Crippen LogP contribution in [0.5, 0.6) is 0 Å². The summed E-state index contributed by atoms with van der Waals surface area (Å²) in [6.07, 6.45) is 0. The minimum atomic E-state index is -0.610. The predicted octanol–water partition coefficient (Wildman–Crippen LogP) is 2.97. The Kier molecular flexibility index (Phi) is 5.30. The Balaban J connectivity index is 1.96. The summed E-state index contributed by atoms with van der Waals surface area (Å²) in [7, 11) is 1.69. The molecule has 2 aromatic carbocycles. The minimum absolute atomic E-state index is 0.338. The van der Waals surface area contributed by atoms with Crippen molar-refractivity contribution in [2.75, 3.05) is 24.3 Å². The van der Waals surface area contributed by atoms with E-state index >= 15 is 0 Å². The fraction of sp³-hybridized carbons (Fsp3) is 0.176. The average molecular weight is 316 g/mol. The zero-order valence-electron chi connectivity index (χ0n) is 12.9. The second-order valence-electron chi connectivity index (χ2n) is 4.88. The van der Waals surface area contributed by atoms with Gasteiger partial charge in [0.2, 0.25) is 0 Å². The van der Waals surface area contributed by atoms with Gasteiger partial charge in [-0.3, -0.25) is 4.79 Å². The van der Waals surface area contributed by atoms with Gasteiger partial charge in [0.05, 0.1) is 5.56 Å². The molecule has 0 unspecified atom stereocenters. The van der Waals surface area contributed by atoms with Crippen LogP contribution in [-0.2, 0) is 9.53 Å². The number of nitrogens with one attached hydrogen (secondary N) is 2. The van der Waals surface area contributed by atoms with Crippen LogP contribution < -0.4 is 10.6 Å². The van der Waals surface area contributed by atoms with Crippen LogP contribution in [0.25, 0.3) is 0 Å². The van der Waals surface area contributed by atoms with Gasteiger partial charge in [0.15, 0.2) is 6.61 Å². The Hall–Kier alpha value is -2.89. The molecule has 0 radical (unpaired) electrons. The number of rotatable bonds is 5. The number of ether oxygens (including phenoxy) is 1. The molecule has 23 heavy (non-hydrogen) atoms. The molecule has 0 aliphatic rings. The van der Waals surface area contributed by atoms with Crippen molar-refractivity contribution in [3.05, 3.63) is 59.4 Å². The van der Waals surface area contributed by atoms with Crippen molar-refractivity contribution in [1.82, 2.24) is 0 Å². The summed E-state index contributed by atoms with van der Waals surface area (Å²) in [6, 6.07) is 10.9. The van der Waals surface area contributed by atoms with E-state index < -0.39 is 24.3 Å². The molecule has 0 heterocycles. The maximum absolute atomic E-state index is 13.2. The first-order valence-electron chi connectivity index (χ1n) is 7.01. The van der Waals surface area contributed by atoms with E-state index in [9.17, 15) is 14.0 Å². The lowest BCUT2D eigenvalue weighted by Gasteiger charge is -2.10. The monoisotopic (exact) mass is 316 g/mol. The van der Waals surface area contributed by atoms with Gasteiger partial charge >= 0.3 is 5.97 Å². The van der Waals surface area contributed by atoms with Crippen molar-refractivity contribution in [1.29, 1.82) is 0 Å². The second kappa shape index (κ2) is 7.40. The smallest absolute Gasteiger partial charge is 0.340 e. The van der Waals surface area contributed by atoms with E-state index in [2.05, 4.69) is 10.6 Å². The van der Waals surface area contributed by atoms with E-state index in [1.165, 1.54) is 12.1 Å². The lowest BCUT2D eigenvalue weighted by molar-refractivity contribution is -0.119. The van der Waals surface area contributed by atoms with Crippen LogP contribution in [0, 0.1) is 12.7 Å². The standard InChI is InChI=1S/C17H17FN2O3/c1-11-7-8-12(18)9-15(11)20-16(21)10-23-17(22)13-5-3-4-6-14(13)19-2/h3-9,19H,10H2,1-2H3,(H,20,21). The molecule has 0 spiro atoms. The van der Waals surface area contributed by atoms with Gasteiger partial charge in [-0.05, 0) is 36.8 Å². The van der Waals surface area contributed by atoms with Crippen molar-refractivity contribution in [2.24, 2.45) is 0 Å². The summed E-state index contributed by atoms with van der Waals surface area (Å²) >= 11 is 0. The van der Waals surface area contributed by atoms with Crippen molar-refractivity contribution in [3.63, 3.8) is 0 Å². The predicted molar refractivity (Wildman–Crippen MR) is 86.0 cm³/mol. The number of halogens is 1. The summed E-state index contributed by atoms with van der Waals surface area (Å²) in [4.78, 5) is 23.8. The molecule has 6 heteroatoms. The fourth-order valence-electron chi connectivity index (χ4n) is 2.00. The number of esters is 1. The van der Waals surface area contributed by atoms with Crippen molar-refractivity contribution in [3.8, 4) is 0 Å². The number of hydrogen-bond acceptors (Lipinski definition) is 4. The van der Waals surface area contributed by atoms with Gasteiger partial charge < -0.3 is 15.4 Å². The third-order valence-electron chi connectivity index (χ3n) is 3.22. The van der Waals surface area contributed by atoms with Crippen LogP contribution in [0.3, 0.4) is 0 Å². The first kappa shape index (κ1) is 16.5. The van der Waals surface area contributed by atoms with Gasteiger partial charge in [-0.2, -0.15) is 0 Å².